The van der Waals surface area contributed by atoms with Crippen LogP contribution in [0.5, 0.6) is 11.5 Å². The summed E-state index contributed by atoms with van der Waals surface area (Å²) in [4.78, 5) is 8.51. The number of methoxy groups -OCH3 is 2. The van der Waals surface area contributed by atoms with Crippen LogP contribution in [-0.2, 0) is 0 Å². The number of nitrogens with zero attached hydrogens (tertiary/aromatic N) is 3. The van der Waals surface area contributed by atoms with Gasteiger partial charge in [0.05, 0.1) is 24.9 Å². The number of nitrogens with one attached hydrogen (secondary N) is 1. The molecule has 0 radical (unpaired) electrons. The van der Waals surface area contributed by atoms with Gasteiger partial charge in [-0.3, -0.25) is 0 Å². The van der Waals surface area contributed by atoms with Crippen LogP contribution in [0.3, 0.4) is 0 Å². The molecule has 0 aliphatic heterocycles. The quantitative estimate of drug-likeness (QED) is 0.650. The Balaban J connectivity index is 2.20. The highest BCUT2D eigenvalue weighted by Gasteiger charge is 2.08. The first-order valence-electron chi connectivity index (χ1n) is 6.56. The summed E-state index contributed by atoms with van der Waals surface area (Å²) < 4.78 is 11.4. The Hall–Kier alpha value is -2.15. The first-order chi connectivity index (χ1) is 10.5. The van der Waals surface area contributed by atoms with E-state index in [1.165, 1.54) is 0 Å². The molecule has 0 atom stereocenters. The molecule has 0 bridgehead atoms. The summed E-state index contributed by atoms with van der Waals surface area (Å²) in [5.74, 6) is 1.81. The highest BCUT2D eigenvalue weighted by molar-refractivity contribution is 9.10. The minimum atomic E-state index is 0.459. The van der Waals surface area contributed by atoms with E-state index in [1.54, 1.807) is 26.5 Å². The molecule has 0 spiro atoms. The van der Waals surface area contributed by atoms with E-state index in [0.29, 0.717) is 17.4 Å². The second-order valence-electron chi connectivity index (χ2n) is 4.57. The monoisotopic (exact) mass is 364 g/mol. The minimum Gasteiger partial charge on any atom is -0.496 e. The molecule has 0 fully saturated rings. The number of hydrazone groups is 1. The van der Waals surface area contributed by atoms with E-state index < -0.39 is 0 Å². The average Bonchev–Trinajstić information content (AvgIpc) is 2.46. The van der Waals surface area contributed by atoms with Gasteiger partial charge in [0.15, 0.2) is 0 Å². The van der Waals surface area contributed by atoms with E-state index in [4.69, 9.17) is 9.47 Å². The van der Waals surface area contributed by atoms with E-state index in [2.05, 4.69) is 36.4 Å². The smallest absolute Gasteiger partial charge is 0.243 e. The Kier molecular flexibility index (Phi) is 5.32. The third-order valence-corrected chi connectivity index (χ3v) is 3.47. The second kappa shape index (κ2) is 7.22. The van der Waals surface area contributed by atoms with Gasteiger partial charge in [0.1, 0.15) is 11.5 Å². The molecule has 2 rings (SSSR count). The van der Waals surface area contributed by atoms with Crippen LogP contribution < -0.4 is 14.9 Å². The van der Waals surface area contributed by atoms with Gasteiger partial charge in [-0.2, -0.15) is 5.10 Å². The zero-order chi connectivity index (χ0) is 16.1. The number of benzene rings is 1. The third-order valence-electron chi connectivity index (χ3n) is 2.85. The summed E-state index contributed by atoms with van der Waals surface area (Å²) in [6.07, 6.45) is 1.64. The van der Waals surface area contributed by atoms with Crippen LogP contribution in [0.25, 0.3) is 0 Å². The minimum absolute atomic E-state index is 0.459. The molecular weight excluding hydrogens is 348 g/mol. The van der Waals surface area contributed by atoms with Crippen molar-refractivity contribution in [3.05, 3.63) is 39.6 Å². The maximum atomic E-state index is 5.33. The second-order valence-corrected chi connectivity index (χ2v) is 5.43. The SMILES string of the molecule is COc1cc(OC)c(C=NNc2nc(C)cc(C)n2)cc1Br. The van der Waals surface area contributed by atoms with Crippen LogP contribution in [-0.4, -0.2) is 30.4 Å². The molecule has 0 aliphatic carbocycles. The molecule has 1 aromatic heterocycles. The van der Waals surface area contributed by atoms with E-state index in [9.17, 15) is 0 Å². The number of halogens is 1. The summed E-state index contributed by atoms with van der Waals surface area (Å²) in [7, 11) is 3.20. The van der Waals surface area contributed by atoms with Gasteiger partial charge >= 0.3 is 0 Å². The summed E-state index contributed by atoms with van der Waals surface area (Å²) in [6.45, 7) is 3.82. The van der Waals surface area contributed by atoms with Crippen molar-refractivity contribution < 1.29 is 9.47 Å². The van der Waals surface area contributed by atoms with E-state index in [1.807, 2.05) is 26.0 Å². The zero-order valence-corrected chi connectivity index (χ0v) is 14.4. The van der Waals surface area contributed by atoms with Gasteiger partial charge in [-0.05, 0) is 41.9 Å². The van der Waals surface area contributed by atoms with Gasteiger partial charge in [-0.1, -0.05) is 0 Å². The Morgan fingerprint density at radius 2 is 1.68 bits per heavy atom. The van der Waals surface area contributed by atoms with Crippen molar-refractivity contribution in [2.45, 2.75) is 13.8 Å². The van der Waals surface area contributed by atoms with Gasteiger partial charge < -0.3 is 9.47 Å². The molecule has 6 nitrogen and oxygen atoms in total. The Morgan fingerprint density at radius 3 is 2.27 bits per heavy atom. The van der Waals surface area contributed by atoms with Crippen LogP contribution in [0.1, 0.15) is 17.0 Å². The molecule has 22 heavy (non-hydrogen) atoms. The van der Waals surface area contributed by atoms with Crippen molar-refractivity contribution in [2.24, 2.45) is 5.10 Å². The van der Waals surface area contributed by atoms with Gasteiger partial charge in [-0.15, -0.1) is 0 Å². The van der Waals surface area contributed by atoms with Crippen LogP contribution >= 0.6 is 15.9 Å². The molecule has 0 unspecified atom stereocenters. The van der Waals surface area contributed by atoms with Gasteiger partial charge in [-0.25, -0.2) is 15.4 Å². The van der Waals surface area contributed by atoms with Crippen molar-refractivity contribution >= 4 is 28.1 Å². The lowest BCUT2D eigenvalue weighted by molar-refractivity contribution is 0.392. The molecule has 7 heteroatoms. The predicted molar refractivity (Wildman–Crippen MR) is 90.0 cm³/mol. The fraction of sp³-hybridized carbons (Fsp3) is 0.267. The van der Waals surface area contributed by atoms with Gasteiger partial charge in [0.25, 0.3) is 0 Å². The number of rotatable bonds is 5. The van der Waals surface area contributed by atoms with Crippen LogP contribution in [0, 0.1) is 13.8 Å². The zero-order valence-electron chi connectivity index (χ0n) is 12.8. The molecule has 1 N–H and O–H groups in total. The fourth-order valence-electron chi connectivity index (χ4n) is 1.92. The Bertz CT molecular complexity index is 684. The molecule has 1 heterocycles. The van der Waals surface area contributed by atoms with Crippen molar-refractivity contribution in [1.29, 1.82) is 0 Å². The lowest BCUT2D eigenvalue weighted by Gasteiger charge is -2.09. The predicted octanol–water partition coefficient (Wildman–Crippen LogP) is 3.32. The van der Waals surface area contributed by atoms with Gasteiger partial charge in [0.2, 0.25) is 5.95 Å². The number of anilines is 1. The van der Waals surface area contributed by atoms with Crippen LogP contribution in [0.4, 0.5) is 5.95 Å². The Morgan fingerprint density at radius 1 is 1.05 bits per heavy atom. The molecule has 116 valence electrons. The largest absolute Gasteiger partial charge is 0.496 e. The molecule has 0 saturated carbocycles. The summed E-state index contributed by atoms with van der Waals surface area (Å²) in [5.41, 5.74) is 5.39. The number of aryl methyl sites for hydroxylation is 2. The molecule has 0 saturated heterocycles. The normalized spacial score (nSPS) is 10.8. The lowest BCUT2D eigenvalue weighted by atomic mass is 10.2. The summed E-state index contributed by atoms with van der Waals surface area (Å²) >= 11 is 3.44. The average molecular weight is 365 g/mol. The number of hydrogen-bond acceptors (Lipinski definition) is 6. The Labute approximate surface area is 137 Å². The lowest BCUT2D eigenvalue weighted by Crippen LogP contribution is -2.00. The number of ether oxygens (including phenoxy) is 2. The molecule has 0 aliphatic rings. The summed E-state index contributed by atoms with van der Waals surface area (Å²) in [6, 6.07) is 5.56. The third kappa shape index (κ3) is 3.94. The molecule has 1 aromatic carbocycles. The first kappa shape index (κ1) is 16.2. The van der Waals surface area contributed by atoms with E-state index in [-0.39, 0.29) is 0 Å². The van der Waals surface area contributed by atoms with Crippen molar-refractivity contribution in [3.63, 3.8) is 0 Å². The number of aromatic nitrogens is 2. The first-order valence-corrected chi connectivity index (χ1v) is 7.35. The van der Waals surface area contributed by atoms with E-state index >= 15 is 0 Å². The topological polar surface area (TPSA) is 68.6 Å². The van der Waals surface area contributed by atoms with Crippen LogP contribution in [0.2, 0.25) is 0 Å². The fourth-order valence-corrected chi connectivity index (χ4v) is 2.44. The molecule has 0 amide bonds. The highest BCUT2D eigenvalue weighted by Crippen LogP contribution is 2.31. The molecule has 2 aromatic rings. The summed E-state index contributed by atoms with van der Waals surface area (Å²) in [5, 5.41) is 4.16. The maximum Gasteiger partial charge on any atom is 0.243 e. The highest BCUT2D eigenvalue weighted by atomic mass is 79.9. The van der Waals surface area contributed by atoms with Gasteiger partial charge in [0, 0.05) is 23.0 Å². The van der Waals surface area contributed by atoms with E-state index in [0.717, 1.165) is 21.4 Å². The van der Waals surface area contributed by atoms with Crippen molar-refractivity contribution in [2.75, 3.05) is 19.6 Å². The molecular formula is C15H17BrN4O2. The number of hydrogen-bond donors (Lipinski definition) is 1. The van der Waals surface area contributed by atoms with Crippen molar-refractivity contribution in [1.82, 2.24) is 9.97 Å². The van der Waals surface area contributed by atoms with Crippen molar-refractivity contribution in [3.8, 4) is 11.5 Å². The van der Waals surface area contributed by atoms with Crippen LogP contribution in [0.15, 0.2) is 27.8 Å². The maximum absolute atomic E-state index is 5.33. The standard InChI is InChI=1S/C15H17BrN4O2/c1-9-5-10(2)19-15(18-9)20-17-8-11-6-12(16)14(22-4)7-13(11)21-3/h5-8H,1-4H3,(H,18,19,20).